The van der Waals surface area contributed by atoms with Crippen LogP contribution in [0.15, 0.2) is 48.5 Å². The summed E-state index contributed by atoms with van der Waals surface area (Å²) in [6.45, 7) is 7.30. The largest absolute Gasteiger partial charge is 0.370 e. The maximum atomic E-state index is 13.6. The fourth-order valence-electron chi connectivity index (χ4n) is 4.77. The lowest BCUT2D eigenvalue weighted by Crippen LogP contribution is -2.59. The fraction of sp³-hybridized carbons (Fsp3) is 0.414. The fourth-order valence-corrected chi connectivity index (χ4v) is 4.77. The molecule has 1 fully saturated rings. The standard InChI is InChI=1S/C29H35FN6O4/c1-29(2,3)26(28(40)35-16-14-34(15-17-35)24(38)13-12-23(31)37)32-27(39)25-21-6-4-5-7-22(21)36(33-25)18-19-8-10-20(30)11-9-19/h4-11,26H,12-18H2,1-3H3,(H2,31,37)(H,32,39)/t26-/m1/s1. The average molecular weight is 551 g/mol. The number of carbonyl (C=O) groups is 4. The van der Waals surface area contributed by atoms with Crippen LogP contribution in [0.1, 0.15) is 49.7 Å². The summed E-state index contributed by atoms with van der Waals surface area (Å²) in [7, 11) is 0. The molecular weight excluding hydrogens is 515 g/mol. The molecule has 0 saturated carbocycles. The third-order valence-corrected chi connectivity index (χ3v) is 7.04. The van der Waals surface area contributed by atoms with Crippen molar-refractivity contribution in [2.24, 2.45) is 11.1 Å². The van der Waals surface area contributed by atoms with Crippen LogP contribution in [0, 0.1) is 11.2 Å². The highest BCUT2D eigenvalue weighted by molar-refractivity contribution is 6.06. The third-order valence-electron chi connectivity index (χ3n) is 7.04. The smallest absolute Gasteiger partial charge is 0.273 e. The monoisotopic (exact) mass is 550 g/mol. The van der Waals surface area contributed by atoms with Gasteiger partial charge in [0.1, 0.15) is 11.9 Å². The average Bonchev–Trinajstić information content (AvgIpc) is 3.29. The van der Waals surface area contributed by atoms with Crippen molar-refractivity contribution in [1.82, 2.24) is 24.9 Å². The van der Waals surface area contributed by atoms with E-state index in [9.17, 15) is 23.6 Å². The van der Waals surface area contributed by atoms with Gasteiger partial charge in [-0.3, -0.25) is 23.9 Å². The summed E-state index contributed by atoms with van der Waals surface area (Å²) in [6, 6.07) is 12.6. The lowest BCUT2D eigenvalue weighted by atomic mass is 9.85. The van der Waals surface area contributed by atoms with E-state index in [1.54, 1.807) is 32.7 Å². The van der Waals surface area contributed by atoms with Gasteiger partial charge in [0, 0.05) is 44.4 Å². The second-order valence-electron chi connectivity index (χ2n) is 11.1. The molecule has 0 spiro atoms. The number of carbonyl (C=O) groups excluding carboxylic acids is 4. The zero-order valence-corrected chi connectivity index (χ0v) is 23.0. The Bertz CT molecular complexity index is 1400. The highest BCUT2D eigenvalue weighted by Gasteiger charge is 2.38. The van der Waals surface area contributed by atoms with Crippen LogP contribution < -0.4 is 11.1 Å². The quantitative estimate of drug-likeness (QED) is 0.445. The van der Waals surface area contributed by atoms with Crippen molar-refractivity contribution in [1.29, 1.82) is 0 Å². The van der Waals surface area contributed by atoms with Crippen LogP contribution in [0.3, 0.4) is 0 Å². The number of para-hydroxylation sites is 1. The Labute approximate surface area is 232 Å². The van der Waals surface area contributed by atoms with Gasteiger partial charge in [0.15, 0.2) is 5.69 Å². The molecule has 0 radical (unpaired) electrons. The van der Waals surface area contributed by atoms with Gasteiger partial charge >= 0.3 is 0 Å². The SMILES string of the molecule is CC(C)(C)[C@H](NC(=O)c1nn(Cc2ccc(F)cc2)c2ccccc12)C(=O)N1CCN(C(=O)CCC(N)=O)CC1. The first-order valence-corrected chi connectivity index (χ1v) is 13.3. The maximum Gasteiger partial charge on any atom is 0.273 e. The number of piperazine rings is 1. The van der Waals surface area contributed by atoms with Gasteiger partial charge in [-0.2, -0.15) is 5.10 Å². The minimum absolute atomic E-state index is 0.00947. The topological polar surface area (TPSA) is 131 Å². The second-order valence-corrected chi connectivity index (χ2v) is 11.1. The first-order chi connectivity index (χ1) is 18.9. The van der Waals surface area contributed by atoms with E-state index in [1.807, 2.05) is 39.0 Å². The Morgan fingerprint density at radius 3 is 2.20 bits per heavy atom. The molecule has 2 heterocycles. The Kier molecular flexibility index (Phi) is 8.51. The Morgan fingerprint density at radius 2 is 1.57 bits per heavy atom. The van der Waals surface area contributed by atoms with Gasteiger partial charge < -0.3 is 20.9 Å². The molecule has 3 aromatic rings. The van der Waals surface area contributed by atoms with Crippen LogP contribution in [-0.2, 0) is 20.9 Å². The zero-order chi connectivity index (χ0) is 29.0. The molecule has 1 aliphatic rings. The van der Waals surface area contributed by atoms with Crippen molar-refractivity contribution in [3.05, 3.63) is 65.6 Å². The van der Waals surface area contributed by atoms with E-state index in [0.717, 1.165) is 11.1 Å². The summed E-state index contributed by atoms with van der Waals surface area (Å²) in [5, 5.41) is 8.15. The molecule has 3 N–H and O–H groups in total. The molecule has 10 nitrogen and oxygen atoms in total. The molecule has 2 aromatic carbocycles. The molecule has 0 aliphatic carbocycles. The van der Waals surface area contributed by atoms with Crippen molar-refractivity contribution in [3.63, 3.8) is 0 Å². The van der Waals surface area contributed by atoms with Crippen molar-refractivity contribution in [3.8, 4) is 0 Å². The molecule has 1 aliphatic heterocycles. The number of aromatic nitrogens is 2. The van der Waals surface area contributed by atoms with Crippen LogP contribution in [0.25, 0.3) is 10.9 Å². The Hall–Kier alpha value is -4.28. The molecule has 4 amide bonds. The second kappa shape index (κ2) is 11.8. The molecule has 0 bridgehead atoms. The number of primary amides is 1. The summed E-state index contributed by atoms with van der Waals surface area (Å²) in [5.41, 5.74) is 6.31. The molecule has 0 unspecified atom stereocenters. The zero-order valence-electron chi connectivity index (χ0n) is 23.0. The maximum absolute atomic E-state index is 13.6. The van der Waals surface area contributed by atoms with Gasteiger partial charge in [-0.05, 0) is 29.2 Å². The number of nitrogens with two attached hydrogens (primary N) is 1. The highest BCUT2D eigenvalue weighted by atomic mass is 19.1. The lowest BCUT2D eigenvalue weighted by molar-refractivity contribution is -0.142. The number of hydrogen-bond acceptors (Lipinski definition) is 5. The molecule has 40 heavy (non-hydrogen) atoms. The summed E-state index contributed by atoms with van der Waals surface area (Å²) < 4.78 is 15.1. The van der Waals surface area contributed by atoms with E-state index in [0.29, 0.717) is 38.1 Å². The van der Waals surface area contributed by atoms with E-state index >= 15 is 0 Å². The van der Waals surface area contributed by atoms with Crippen molar-refractivity contribution < 1.29 is 23.6 Å². The number of fused-ring (bicyclic) bond motifs is 1. The van der Waals surface area contributed by atoms with Crippen LogP contribution in [0.5, 0.6) is 0 Å². The predicted molar refractivity (Wildman–Crippen MR) is 148 cm³/mol. The number of nitrogens with one attached hydrogen (secondary N) is 1. The lowest BCUT2D eigenvalue weighted by Gasteiger charge is -2.39. The molecular formula is C29H35FN6O4. The predicted octanol–water partition coefficient (Wildman–Crippen LogP) is 2.30. The van der Waals surface area contributed by atoms with Crippen LogP contribution in [0.4, 0.5) is 4.39 Å². The van der Waals surface area contributed by atoms with E-state index in [4.69, 9.17) is 5.73 Å². The number of hydrogen-bond donors (Lipinski definition) is 2. The number of amides is 4. The molecule has 212 valence electrons. The molecule has 1 saturated heterocycles. The first kappa shape index (κ1) is 28.7. The number of rotatable bonds is 8. The third kappa shape index (κ3) is 6.64. The van der Waals surface area contributed by atoms with Gasteiger partial charge in [-0.25, -0.2) is 4.39 Å². The summed E-state index contributed by atoms with van der Waals surface area (Å²) >= 11 is 0. The van der Waals surface area contributed by atoms with E-state index in [2.05, 4.69) is 10.4 Å². The summed E-state index contributed by atoms with van der Waals surface area (Å²) in [4.78, 5) is 53.8. The normalized spacial score (nSPS) is 14.7. The Morgan fingerprint density at radius 1 is 0.950 bits per heavy atom. The molecule has 11 heteroatoms. The van der Waals surface area contributed by atoms with E-state index in [1.165, 1.54) is 12.1 Å². The van der Waals surface area contributed by atoms with Crippen LogP contribution in [0.2, 0.25) is 0 Å². The molecule has 1 atom stereocenters. The van der Waals surface area contributed by atoms with Crippen LogP contribution in [-0.4, -0.2) is 75.4 Å². The van der Waals surface area contributed by atoms with E-state index in [-0.39, 0.29) is 36.2 Å². The van der Waals surface area contributed by atoms with Gasteiger partial charge in [-0.15, -0.1) is 0 Å². The Balaban J connectivity index is 1.49. The number of benzene rings is 2. The van der Waals surface area contributed by atoms with Crippen molar-refractivity contribution in [2.75, 3.05) is 26.2 Å². The summed E-state index contributed by atoms with van der Waals surface area (Å²) in [5.74, 6) is -1.74. The van der Waals surface area contributed by atoms with Gasteiger partial charge in [0.05, 0.1) is 12.1 Å². The number of halogens is 1. The first-order valence-electron chi connectivity index (χ1n) is 13.3. The van der Waals surface area contributed by atoms with Crippen molar-refractivity contribution in [2.45, 2.75) is 46.2 Å². The van der Waals surface area contributed by atoms with Crippen LogP contribution >= 0.6 is 0 Å². The van der Waals surface area contributed by atoms with E-state index < -0.39 is 23.3 Å². The molecule has 4 rings (SSSR count). The molecule has 1 aromatic heterocycles. The highest BCUT2D eigenvalue weighted by Crippen LogP contribution is 2.25. The van der Waals surface area contributed by atoms with Gasteiger partial charge in [-0.1, -0.05) is 51.1 Å². The minimum atomic E-state index is -0.835. The number of nitrogens with zero attached hydrogens (tertiary/aromatic N) is 4. The summed E-state index contributed by atoms with van der Waals surface area (Å²) in [6.07, 6.45) is 0.0379. The van der Waals surface area contributed by atoms with Gasteiger partial charge in [0.25, 0.3) is 5.91 Å². The minimum Gasteiger partial charge on any atom is -0.370 e. The van der Waals surface area contributed by atoms with Gasteiger partial charge in [0.2, 0.25) is 17.7 Å². The van der Waals surface area contributed by atoms with Crippen molar-refractivity contribution >= 4 is 34.5 Å².